The number of rotatable bonds is 1. The molecule has 0 saturated carbocycles. The molecular formula is C14H25N3O. The van der Waals surface area contributed by atoms with Crippen molar-refractivity contribution < 1.29 is 4.79 Å². The summed E-state index contributed by atoms with van der Waals surface area (Å²) in [5.41, 5.74) is -0.304. The fourth-order valence-electron chi connectivity index (χ4n) is 3.72. The lowest BCUT2D eigenvalue weighted by Gasteiger charge is -2.38. The van der Waals surface area contributed by atoms with Crippen LogP contribution >= 0.6 is 0 Å². The number of hydrogen-bond acceptors (Lipinski definition) is 3. The average Bonchev–Trinajstić information content (AvgIpc) is 2.69. The molecule has 2 N–H and O–H groups in total. The molecule has 0 spiro atoms. The Morgan fingerprint density at radius 1 is 1.22 bits per heavy atom. The third-order valence-corrected chi connectivity index (χ3v) is 4.90. The zero-order chi connectivity index (χ0) is 12.6. The first-order valence-electron chi connectivity index (χ1n) is 7.48. The summed E-state index contributed by atoms with van der Waals surface area (Å²) in [7, 11) is 0. The number of nitrogens with one attached hydrogen (secondary N) is 2. The molecule has 3 aliphatic rings. The number of carbonyl (C=O) groups excluding carboxylic acids is 1. The lowest BCUT2D eigenvalue weighted by Crippen LogP contribution is -2.59. The van der Waals surface area contributed by atoms with Gasteiger partial charge in [-0.25, -0.2) is 0 Å². The molecule has 0 aromatic rings. The molecule has 3 rings (SSSR count). The van der Waals surface area contributed by atoms with Gasteiger partial charge in [0.15, 0.2) is 0 Å². The Balaban J connectivity index is 1.68. The zero-order valence-electron chi connectivity index (χ0n) is 11.4. The molecule has 3 atom stereocenters. The first kappa shape index (κ1) is 12.4. The molecule has 0 radical (unpaired) electrons. The van der Waals surface area contributed by atoms with Crippen molar-refractivity contribution in [3.8, 4) is 0 Å². The highest BCUT2D eigenvalue weighted by Gasteiger charge is 2.40. The van der Waals surface area contributed by atoms with Gasteiger partial charge in [0.25, 0.3) is 0 Å². The smallest absolute Gasteiger partial charge is 0.242 e. The predicted octanol–water partition coefficient (Wildman–Crippen LogP) is 0.872. The minimum absolute atomic E-state index is 0.304. The van der Waals surface area contributed by atoms with Gasteiger partial charge in [0, 0.05) is 25.2 Å². The molecule has 1 amide bonds. The minimum Gasteiger partial charge on any atom is -0.339 e. The monoisotopic (exact) mass is 251 g/mol. The molecule has 3 unspecified atom stereocenters. The quantitative estimate of drug-likeness (QED) is 0.727. The molecule has 0 aromatic heterocycles. The Morgan fingerprint density at radius 2 is 2.06 bits per heavy atom. The summed E-state index contributed by atoms with van der Waals surface area (Å²) in [6.45, 7) is 4.92. The van der Waals surface area contributed by atoms with Crippen molar-refractivity contribution in [3.05, 3.63) is 0 Å². The summed E-state index contributed by atoms with van der Waals surface area (Å²) in [6.07, 6.45) is 7.02. The van der Waals surface area contributed by atoms with Crippen LogP contribution in [0.4, 0.5) is 0 Å². The number of nitrogens with zero attached hydrogens (tertiary/aromatic N) is 1. The molecule has 4 nitrogen and oxygen atoms in total. The van der Waals surface area contributed by atoms with Gasteiger partial charge in [0.05, 0.1) is 5.54 Å². The highest BCUT2D eigenvalue weighted by Crippen LogP contribution is 2.25. The summed E-state index contributed by atoms with van der Waals surface area (Å²) in [6, 6.07) is 1.19. The van der Waals surface area contributed by atoms with E-state index in [-0.39, 0.29) is 5.54 Å². The van der Waals surface area contributed by atoms with E-state index in [9.17, 15) is 4.79 Å². The van der Waals surface area contributed by atoms with Crippen LogP contribution in [0.15, 0.2) is 0 Å². The summed E-state index contributed by atoms with van der Waals surface area (Å²) >= 11 is 0. The van der Waals surface area contributed by atoms with Gasteiger partial charge < -0.3 is 15.5 Å². The highest BCUT2D eigenvalue weighted by atomic mass is 16.2. The summed E-state index contributed by atoms with van der Waals surface area (Å²) in [5, 5.41) is 7.08. The van der Waals surface area contributed by atoms with Crippen molar-refractivity contribution in [3.63, 3.8) is 0 Å². The van der Waals surface area contributed by atoms with E-state index >= 15 is 0 Å². The molecule has 3 aliphatic heterocycles. The second-order valence-electron chi connectivity index (χ2n) is 6.39. The van der Waals surface area contributed by atoms with Crippen molar-refractivity contribution in [1.82, 2.24) is 15.5 Å². The molecule has 2 bridgehead atoms. The van der Waals surface area contributed by atoms with Crippen LogP contribution in [0, 0.1) is 0 Å². The molecule has 18 heavy (non-hydrogen) atoms. The van der Waals surface area contributed by atoms with Gasteiger partial charge in [-0.3, -0.25) is 4.79 Å². The molecule has 3 fully saturated rings. The van der Waals surface area contributed by atoms with Gasteiger partial charge in [0.2, 0.25) is 5.91 Å². The van der Waals surface area contributed by atoms with Crippen molar-refractivity contribution in [2.75, 3.05) is 19.6 Å². The molecule has 3 saturated heterocycles. The van der Waals surface area contributed by atoms with Gasteiger partial charge >= 0.3 is 0 Å². The molecule has 4 heteroatoms. The van der Waals surface area contributed by atoms with Crippen molar-refractivity contribution in [2.45, 2.75) is 63.1 Å². The van der Waals surface area contributed by atoms with E-state index in [0.717, 1.165) is 32.5 Å². The summed E-state index contributed by atoms with van der Waals surface area (Å²) in [4.78, 5) is 14.8. The number of fused-ring (bicyclic) bond motifs is 2. The lowest BCUT2D eigenvalue weighted by atomic mass is 9.89. The number of piperidine rings is 1. The first-order valence-corrected chi connectivity index (χ1v) is 7.48. The first-order chi connectivity index (χ1) is 8.67. The van der Waals surface area contributed by atoms with Gasteiger partial charge in [-0.05, 0) is 52.0 Å². The third-order valence-electron chi connectivity index (χ3n) is 4.90. The van der Waals surface area contributed by atoms with Crippen LogP contribution in [0.1, 0.15) is 45.4 Å². The molecule has 3 heterocycles. The molecule has 102 valence electrons. The molecular weight excluding hydrogens is 226 g/mol. The normalized spacial score (nSPS) is 40.6. The number of hydrogen-bond donors (Lipinski definition) is 2. The highest BCUT2D eigenvalue weighted by molar-refractivity contribution is 5.86. The Hall–Kier alpha value is -0.610. The maximum Gasteiger partial charge on any atom is 0.242 e. The average molecular weight is 251 g/mol. The van der Waals surface area contributed by atoms with Crippen LogP contribution in [0.2, 0.25) is 0 Å². The third kappa shape index (κ3) is 2.28. The van der Waals surface area contributed by atoms with Crippen LogP contribution in [0.5, 0.6) is 0 Å². The van der Waals surface area contributed by atoms with E-state index < -0.39 is 0 Å². The van der Waals surface area contributed by atoms with E-state index in [1.165, 1.54) is 25.7 Å². The van der Waals surface area contributed by atoms with Gasteiger partial charge in [-0.1, -0.05) is 0 Å². The standard InChI is InChI=1S/C14H25N3O/c1-14(7-2-3-8-15-14)13(18)17-9-6-11-4-5-12(10-17)16-11/h11-12,15-16H,2-10H2,1H3. The lowest BCUT2D eigenvalue weighted by molar-refractivity contribution is -0.139. The van der Waals surface area contributed by atoms with Crippen molar-refractivity contribution >= 4 is 5.91 Å². The largest absolute Gasteiger partial charge is 0.339 e. The Bertz CT molecular complexity index is 325. The topological polar surface area (TPSA) is 44.4 Å². The fourth-order valence-corrected chi connectivity index (χ4v) is 3.72. The van der Waals surface area contributed by atoms with Crippen molar-refractivity contribution in [2.24, 2.45) is 0 Å². The van der Waals surface area contributed by atoms with Crippen LogP contribution < -0.4 is 10.6 Å². The van der Waals surface area contributed by atoms with E-state index in [0.29, 0.717) is 18.0 Å². The maximum absolute atomic E-state index is 12.7. The number of amides is 1. The number of likely N-dealkylation sites (tertiary alicyclic amines) is 1. The second kappa shape index (κ2) is 4.82. The summed E-state index contributed by atoms with van der Waals surface area (Å²) in [5.74, 6) is 0.330. The van der Waals surface area contributed by atoms with Crippen LogP contribution in [0.3, 0.4) is 0 Å². The van der Waals surface area contributed by atoms with Crippen molar-refractivity contribution in [1.29, 1.82) is 0 Å². The van der Waals surface area contributed by atoms with E-state index in [1.807, 2.05) is 0 Å². The van der Waals surface area contributed by atoms with Crippen LogP contribution in [-0.4, -0.2) is 48.1 Å². The fraction of sp³-hybridized carbons (Fsp3) is 0.929. The summed E-state index contributed by atoms with van der Waals surface area (Å²) < 4.78 is 0. The number of carbonyl (C=O) groups is 1. The van der Waals surface area contributed by atoms with E-state index in [2.05, 4.69) is 22.5 Å². The Kier molecular flexibility index (Phi) is 3.32. The van der Waals surface area contributed by atoms with Crippen LogP contribution in [-0.2, 0) is 4.79 Å². The van der Waals surface area contributed by atoms with Gasteiger partial charge in [0.1, 0.15) is 0 Å². The predicted molar refractivity (Wildman–Crippen MR) is 71.4 cm³/mol. The maximum atomic E-state index is 12.7. The Labute approximate surface area is 109 Å². The van der Waals surface area contributed by atoms with Gasteiger partial charge in [-0.15, -0.1) is 0 Å². The minimum atomic E-state index is -0.304. The van der Waals surface area contributed by atoms with Crippen LogP contribution in [0.25, 0.3) is 0 Å². The second-order valence-corrected chi connectivity index (χ2v) is 6.39. The van der Waals surface area contributed by atoms with E-state index in [4.69, 9.17) is 0 Å². The molecule has 0 aromatic carbocycles. The molecule has 0 aliphatic carbocycles. The Morgan fingerprint density at radius 3 is 2.83 bits per heavy atom. The SMILES string of the molecule is CC1(C(=O)N2CCC3CCC(C2)N3)CCCCN1. The zero-order valence-corrected chi connectivity index (χ0v) is 11.4. The van der Waals surface area contributed by atoms with E-state index in [1.54, 1.807) is 0 Å². The van der Waals surface area contributed by atoms with Gasteiger partial charge in [-0.2, -0.15) is 0 Å².